The Hall–Kier alpha value is -2.44. The van der Waals surface area contributed by atoms with Crippen LogP contribution in [0.3, 0.4) is 0 Å². The predicted molar refractivity (Wildman–Crippen MR) is 87.5 cm³/mol. The number of nitro groups is 1. The molecule has 0 unspecified atom stereocenters. The van der Waals surface area contributed by atoms with E-state index in [1.165, 1.54) is 24.3 Å². The fraction of sp³-hybridized carbons (Fsp3) is 0.529. The molecule has 1 aliphatic carbocycles. The third-order valence-corrected chi connectivity index (χ3v) is 4.71. The van der Waals surface area contributed by atoms with Crippen LogP contribution >= 0.6 is 0 Å². The number of carbonyl (C=O) groups is 2. The minimum absolute atomic E-state index is 0.0750. The number of ether oxygens (including phenoxy) is 1. The van der Waals surface area contributed by atoms with Crippen LogP contribution in [0.1, 0.15) is 43.5 Å². The smallest absolute Gasteiger partial charge is 0.345 e. The Balaban J connectivity index is 1.90. The number of para-hydroxylation sites is 1. The highest BCUT2D eigenvalue weighted by Crippen LogP contribution is 2.29. The van der Waals surface area contributed by atoms with E-state index in [1.54, 1.807) is 0 Å². The first kappa shape index (κ1) is 17.9. The van der Waals surface area contributed by atoms with Crippen LogP contribution in [0.4, 0.5) is 5.69 Å². The first-order valence-corrected chi connectivity index (χ1v) is 8.10. The summed E-state index contributed by atoms with van der Waals surface area (Å²) in [5.41, 5.74) is -0.493. The van der Waals surface area contributed by atoms with E-state index in [0.717, 1.165) is 19.3 Å². The van der Waals surface area contributed by atoms with Crippen molar-refractivity contribution in [3.8, 4) is 0 Å². The molecule has 1 aliphatic rings. The van der Waals surface area contributed by atoms with Crippen LogP contribution in [-0.4, -0.2) is 29.4 Å². The van der Waals surface area contributed by atoms with Gasteiger partial charge >= 0.3 is 5.97 Å². The molecule has 0 radical (unpaired) electrons. The zero-order chi connectivity index (χ0) is 17.7. The zero-order valence-corrected chi connectivity index (χ0v) is 13.9. The number of carbonyl (C=O) groups excluding carboxylic acids is 2. The number of hydrogen-bond donors (Lipinski definition) is 1. The van der Waals surface area contributed by atoms with Gasteiger partial charge in [0, 0.05) is 12.1 Å². The number of rotatable bonds is 5. The average Bonchev–Trinajstić information content (AvgIpc) is 2.56. The van der Waals surface area contributed by atoms with Gasteiger partial charge < -0.3 is 10.1 Å². The summed E-state index contributed by atoms with van der Waals surface area (Å²) in [6, 6.07) is 5.58. The number of nitrogens with one attached hydrogen (secondary N) is 1. The zero-order valence-electron chi connectivity index (χ0n) is 13.9. The summed E-state index contributed by atoms with van der Waals surface area (Å²) in [5.74, 6) is -0.345. The summed E-state index contributed by atoms with van der Waals surface area (Å²) in [5, 5.41) is 13.8. The lowest BCUT2D eigenvalue weighted by molar-refractivity contribution is -0.385. The fourth-order valence-corrected chi connectivity index (χ4v) is 3.05. The monoisotopic (exact) mass is 334 g/mol. The van der Waals surface area contributed by atoms with Crippen molar-refractivity contribution in [2.24, 2.45) is 11.8 Å². The number of nitrogens with zero attached hydrogens (tertiary/aromatic N) is 1. The van der Waals surface area contributed by atoms with Crippen LogP contribution in [-0.2, 0) is 9.53 Å². The Morgan fingerprint density at radius 1 is 1.29 bits per heavy atom. The van der Waals surface area contributed by atoms with Gasteiger partial charge in [-0.2, -0.15) is 0 Å². The molecule has 1 aromatic carbocycles. The van der Waals surface area contributed by atoms with Crippen LogP contribution < -0.4 is 5.32 Å². The highest BCUT2D eigenvalue weighted by Gasteiger charge is 2.28. The molecule has 0 aliphatic heterocycles. The van der Waals surface area contributed by atoms with Crippen LogP contribution in [0, 0.1) is 22.0 Å². The van der Waals surface area contributed by atoms with Gasteiger partial charge in [0.2, 0.25) is 0 Å². The number of hydrogen-bond acceptors (Lipinski definition) is 5. The van der Waals surface area contributed by atoms with Crippen molar-refractivity contribution in [2.75, 3.05) is 6.61 Å². The average molecular weight is 334 g/mol. The third-order valence-electron chi connectivity index (χ3n) is 4.71. The second-order valence-electron chi connectivity index (χ2n) is 6.29. The van der Waals surface area contributed by atoms with Crippen molar-refractivity contribution in [3.05, 3.63) is 39.9 Å². The van der Waals surface area contributed by atoms with Gasteiger partial charge in [-0.05, 0) is 24.3 Å². The minimum atomic E-state index is -0.873. The fourth-order valence-electron chi connectivity index (χ4n) is 3.05. The van der Waals surface area contributed by atoms with Crippen molar-refractivity contribution in [3.63, 3.8) is 0 Å². The maximum absolute atomic E-state index is 12.0. The molecule has 0 heterocycles. The van der Waals surface area contributed by atoms with E-state index >= 15 is 0 Å². The molecule has 3 atom stereocenters. The molecule has 1 aromatic rings. The molecule has 0 saturated heterocycles. The van der Waals surface area contributed by atoms with E-state index in [1.807, 2.05) is 0 Å². The van der Waals surface area contributed by atoms with Crippen LogP contribution in [0.2, 0.25) is 0 Å². The number of amides is 1. The molecular formula is C17H22N2O5. The van der Waals surface area contributed by atoms with Gasteiger partial charge in [0.25, 0.3) is 11.6 Å². The largest absolute Gasteiger partial charge is 0.452 e. The van der Waals surface area contributed by atoms with E-state index in [4.69, 9.17) is 4.74 Å². The second kappa shape index (κ2) is 7.90. The molecule has 0 aromatic heterocycles. The lowest BCUT2D eigenvalue weighted by Crippen LogP contribution is -2.45. The van der Waals surface area contributed by atoms with Crippen LogP contribution in [0.15, 0.2) is 24.3 Å². The van der Waals surface area contributed by atoms with E-state index in [-0.39, 0.29) is 23.2 Å². The predicted octanol–water partition coefficient (Wildman–Crippen LogP) is 2.69. The first-order chi connectivity index (χ1) is 11.4. The molecular weight excluding hydrogens is 312 g/mol. The van der Waals surface area contributed by atoms with Gasteiger partial charge in [-0.3, -0.25) is 14.9 Å². The molecule has 24 heavy (non-hydrogen) atoms. The van der Waals surface area contributed by atoms with Gasteiger partial charge in [-0.25, -0.2) is 4.79 Å². The normalized spacial score (nSPS) is 23.3. The quantitative estimate of drug-likeness (QED) is 0.507. The standard InChI is InChI=1S/C17H22N2O5/c1-11-6-5-8-14(12(11)2)18-16(20)10-24-17(21)13-7-3-4-9-15(13)19(22)23/h3-4,7,9,11-12,14H,5-6,8,10H2,1-2H3,(H,18,20)/t11-,12+,14-/m0/s1. The topological polar surface area (TPSA) is 98.5 Å². The molecule has 1 amide bonds. The Morgan fingerprint density at radius 3 is 2.71 bits per heavy atom. The van der Waals surface area contributed by atoms with E-state index in [2.05, 4.69) is 19.2 Å². The lowest BCUT2D eigenvalue weighted by atomic mass is 9.78. The molecule has 7 nitrogen and oxygen atoms in total. The Morgan fingerprint density at radius 2 is 2.00 bits per heavy atom. The Labute approximate surface area is 140 Å². The maximum atomic E-state index is 12.0. The summed E-state index contributed by atoms with van der Waals surface area (Å²) in [4.78, 5) is 34.2. The lowest BCUT2D eigenvalue weighted by Gasteiger charge is -2.34. The maximum Gasteiger partial charge on any atom is 0.345 e. The molecule has 130 valence electrons. The molecule has 7 heteroatoms. The van der Waals surface area contributed by atoms with Crippen LogP contribution in [0.5, 0.6) is 0 Å². The Kier molecular flexibility index (Phi) is 5.89. The number of benzene rings is 1. The molecule has 1 N–H and O–H groups in total. The highest BCUT2D eigenvalue weighted by atomic mass is 16.6. The second-order valence-corrected chi connectivity index (χ2v) is 6.29. The number of nitro benzene ring substituents is 1. The Bertz CT molecular complexity index is 631. The van der Waals surface area contributed by atoms with Crippen molar-refractivity contribution in [1.29, 1.82) is 0 Å². The van der Waals surface area contributed by atoms with Crippen molar-refractivity contribution < 1.29 is 19.2 Å². The summed E-state index contributed by atoms with van der Waals surface area (Å²) in [6.45, 7) is 3.83. The van der Waals surface area contributed by atoms with Gasteiger partial charge in [-0.1, -0.05) is 38.8 Å². The van der Waals surface area contributed by atoms with Crippen molar-refractivity contribution >= 4 is 17.6 Å². The minimum Gasteiger partial charge on any atom is -0.452 e. The highest BCUT2D eigenvalue weighted by molar-refractivity contribution is 5.95. The molecule has 1 fully saturated rings. The van der Waals surface area contributed by atoms with E-state index in [0.29, 0.717) is 11.8 Å². The summed E-state index contributed by atoms with van der Waals surface area (Å²) < 4.78 is 4.93. The summed E-state index contributed by atoms with van der Waals surface area (Å²) >= 11 is 0. The molecule has 0 bridgehead atoms. The van der Waals surface area contributed by atoms with Crippen molar-refractivity contribution in [1.82, 2.24) is 5.32 Å². The third kappa shape index (κ3) is 4.31. The number of esters is 1. The van der Waals surface area contributed by atoms with Gasteiger partial charge in [-0.15, -0.1) is 0 Å². The molecule has 1 saturated carbocycles. The summed E-state index contributed by atoms with van der Waals surface area (Å²) in [6.07, 6.45) is 3.13. The summed E-state index contributed by atoms with van der Waals surface area (Å²) in [7, 11) is 0. The molecule has 0 spiro atoms. The van der Waals surface area contributed by atoms with Gasteiger partial charge in [0.1, 0.15) is 5.56 Å². The van der Waals surface area contributed by atoms with E-state index in [9.17, 15) is 19.7 Å². The first-order valence-electron chi connectivity index (χ1n) is 8.10. The van der Waals surface area contributed by atoms with Gasteiger partial charge in [0.15, 0.2) is 6.61 Å². The van der Waals surface area contributed by atoms with Crippen molar-refractivity contribution in [2.45, 2.75) is 39.2 Å². The van der Waals surface area contributed by atoms with E-state index < -0.39 is 17.5 Å². The SMILES string of the molecule is C[C@H]1[C@@H](NC(=O)COC(=O)c2ccccc2[N+](=O)[O-])CCC[C@@H]1C. The molecule has 2 rings (SSSR count). The van der Waals surface area contributed by atoms with Crippen LogP contribution in [0.25, 0.3) is 0 Å². The van der Waals surface area contributed by atoms with Gasteiger partial charge in [0.05, 0.1) is 4.92 Å².